The highest BCUT2D eigenvalue weighted by Gasteiger charge is 2.10. The van der Waals surface area contributed by atoms with Crippen LogP contribution >= 0.6 is 0 Å². The maximum atomic E-state index is 13.0. The molecule has 2 aromatic carbocycles. The van der Waals surface area contributed by atoms with Crippen LogP contribution in [0.15, 0.2) is 40.8 Å². The van der Waals surface area contributed by atoms with Crippen LogP contribution in [0.4, 0.5) is 10.1 Å². The molecule has 0 aliphatic heterocycles. The van der Waals surface area contributed by atoms with Crippen LogP contribution in [0, 0.1) is 5.82 Å². The van der Waals surface area contributed by atoms with E-state index in [1.807, 2.05) is 0 Å². The number of halogens is 1. The first-order valence-corrected chi connectivity index (χ1v) is 5.28. The predicted octanol–water partition coefficient (Wildman–Crippen LogP) is 2.92. The summed E-state index contributed by atoms with van der Waals surface area (Å²) in [4.78, 5) is 4.16. The second-order valence-corrected chi connectivity index (χ2v) is 3.90. The van der Waals surface area contributed by atoms with Crippen LogP contribution in [0.1, 0.15) is 0 Å². The summed E-state index contributed by atoms with van der Waals surface area (Å²) in [6.07, 6.45) is 0. The molecule has 0 atom stereocenters. The Hall–Kier alpha value is -2.56. The smallest absolute Gasteiger partial charge is 0.227 e. The molecule has 0 fully saturated rings. The van der Waals surface area contributed by atoms with Gasteiger partial charge in [-0.2, -0.15) is 0 Å². The molecule has 1 aromatic heterocycles. The van der Waals surface area contributed by atoms with Crippen molar-refractivity contribution in [3.63, 3.8) is 0 Å². The Labute approximate surface area is 101 Å². The number of hydrogen-bond donors (Lipinski definition) is 2. The standard InChI is InChI=1S/C13H9FN2O2/c14-8-2-4-12-10(6-8)16-13(18-12)7-1-3-9(15)11(17)5-7/h1-6,17H,15H2. The molecule has 0 bridgehead atoms. The largest absolute Gasteiger partial charge is 0.506 e. The van der Waals surface area contributed by atoms with E-state index in [0.717, 1.165) is 0 Å². The zero-order valence-electron chi connectivity index (χ0n) is 9.22. The summed E-state index contributed by atoms with van der Waals surface area (Å²) in [6, 6.07) is 8.79. The van der Waals surface area contributed by atoms with Crippen molar-refractivity contribution in [2.45, 2.75) is 0 Å². The highest BCUT2D eigenvalue weighted by Crippen LogP contribution is 2.29. The molecule has 0 spiro atoms. The summed E-state index contributed by atoms with van der Waals surface area (Å²) in [5.74, 6) is -0.102. The van der Waals surface area contributed by atoms with E-state index in [1.54, 1.807) is 12.1 Å². The van der Waals surface area contributed by atoms with Crippen molar-refractivity contribution in [1.29, 1.82) is 0 Å². The first-order valence-electron chi connectivity index (χ1n) is 5.28. The van der Waals surface area contributed by atoms with E-state index in [-0.39, 0.29) is 17.3 Å². The first-order chi connectivity index (χ1) is 8.63. The molecule has 3 rings (SSSR count). The molecule has 3 aromatic rings. The van der Waals surface area contributed by atoms with Gasteiger partial charge in [0.05, 0.1) is 5.69 Å². The second kappa shape index (κ2) is 3.73. The minimum Gasteiger partial charge on any atom is -0.506 e. The summed E-state index contributed by atoms with van der Waals surface area (Å²) in [5, 5.41) is 9.53. The number of phenolic OH excluding ortho intramolecular Hbond substituents is 1. The number of aromatic nitrogens is 1. The molecule has 0 saturated heterocycles. The van der Waals surface area contributed by atoms with Crippen molar-refractivity contribution >= 4 is 16.8 Å². The lowest BCUT2D eigenvalue weighted by molar-refractivity contribution is 0.478. The lowest BCUT2D eigenvalue weighted by atomic mass is 10.2. The van der Waals surface area contributed by atoms with Gasteiger partial charge in [0.25, 0.3) is 0 Å². The molecule has 4 nitrogen and oxygen atoms in total. The molecule has 18 heavy (non-hydrogen) atoms. The summed E-state index contributed by atoms with van der Waals surface area (Å²) in [7, 11) is 0. The molecular weight excluding hydrogens is 235 g/mol. The van der Waals surface area contributed by atoms with Crippen LogP contribution in [0.25, 0.3) is 22.6 Å². The molecule has 3 N–H and O–H groups in total. The summed E-state index contributed by atoms with van der Waals surface area (Å²) in [5.41, 5.74) is 7.29. The van der Waals surface area contributed by atoms with E-state index in [1.165, 1.54) is 24.3 Å². The van der Waals surface area contributed by atoms with Gasteiger partial charge in [-0.3, -0.25) is 0 Å². The maximum absolute atomic E-state index is 13.0. The van der Waals surface area contributed by atoms with Crippen LogP contribution in [0.3, 0.4) is 0 Å². The Kier molecular flexibility index (Phi) is 2.19. The summed E-state index contributed by atoms with van der Waals surface area (Å²) < 4.78 is 18.5. The third-order valence-corrected chi connectivity index (χ3v) is 2.63. The number of nitrogens with zero attached hydrogens (tertiary/aromatic N) is 1. The van der Waals surface area contributed by atoms with Gasteiger partial charge in [-0.05, 0) is 30.3 Å². The molecule has 0 aliphatic rings. The molecule has 1 heterocycles. The minimum atomic E-state index is -0.373. The number of phenols is 1. The average molecular weight is 244 g/mol. The fraction of sp³-hybridized carbons (Fsp3) is 0. The van der Waals surface area contributed by atoms with Gasteiger partial charge in [0.2, 0.25) is 5.89 Å². The van der Waals surface area contributed by atoms with Gasteiger partial charge in [0.1, 0.15) is 17.1 Å². The summed E-state index contributed by atoms with van der Waals surface area (Å²) in [6.45, 7) is 0. The number of rotatable bonds is 1. The number of oxazole rings is 1. The number of nitrogen functional groups attached to an aromatic ring is 1. The van der Waals surface area contributed by atoms with E-state index in [4.69, 9.17) is 10.2 Å². The maximum Gasteiger partial charge on any atom is 0.227 e. The highest BCUT2D eigenvalue weighted by molar-refractivity contribution is 5.77. The van der Waals surface area contributed by atoms with Gasteiger partial charge >= 0.3 is 0 Å². The highest BCUT2D eigenvalue weighted by atomic mass is 19.1. The third-order valence-electron chi connectivity index (χ3n) is 2.63. The number of hydrogen-bond acceptors (Lipinski definition) is 4. The topological polar surface area (TPSA) is 72.3 Å². The van der Waals surface area contributed by atoms with Crippen LogP contribution in [0.2, 0.25) is 0 Å². The number of fused-ring (bicyclic) bond motifs is 1. The average Bonchev–Trinajstić information content (AvgIpc) is 2.75. The van der Waals surface area contributed by atoms with Crippen LogP contribution in [0.5, 0.6) is 5.75 Å². The quantitative estimate of drug-likeness (QED) is 0.510. The molecule has 0 aliphatic carbocycles. The van der Waals surface area contributed by atoms with Crippen LogP contribution in [-0.2, 0) is 0 Å². The molecular formula is C13H9FN2O2. The van der Waals surface area contributed by atoms with E-state index in [9.17, 15) is 9.50 Å². The fourth-order valence-corrected chi connectivity index (χ4v) is 1.70. The first kappa shape index (κ1) is 10.6. The van der Waals surface area contributed by atoms with E-state index in [0.29, 0.717) is 22.6 Å². The lowest BCUT2D eigenvalue weighted by Gasteiger charge is -1.99. The Balaban J connectivity index is 2.16. The van der Waals surface area contributed by atoms with Gasteiger partial charge in [-0.25, -0.2) is 9.37 Å². The molecule has 0 amide bonds. The fourth-order valence-electron chi connectivity index (χ4n) is 1.70. The number of aromatic hydroxyl groups is 1. The number of anilines is 1. The molecule has 0 saturated carbocycles. The van der Waals surface area contributed by atoms with E-state index in [2.05, 4.69) is 4.98 Å². The third kappa shape index (κ3) is 1.66. The Bertz CT molecular complexity index is 737. The zero-order valence-corrected chi connectivity index (χ0v) is 9.22. The Morgan fingerprint density at radius 2 is 2.00 bits per heavy atom. The SMILES string of the molecule is Nc1ccc(-c2nc3cc(F)ccc3o2)cc1O. The lowest BCUT2D eigenvalue weighted by Crippen LogP contribution is -1.85. The zero-order chi connectivity index (χ0) is 12.7. The van der Waals surface area contributed by atoms with Crippen molar-refractivity contribution in [2.24, 2.45) is 0 Å². The minimum absolute atomic E-state index is 0.0408. The molecule has 0 unspecified atom stereocenters. The Morgan fingerprint density at radius 3 is 2.78 bits per heavy atom. The number of benzene rings is 2. The molecule has 90 valence electrons. The van der Waals surface area contributed by atoms with E-state index < -0.39 is 0 Å². The van der Waals surface area contributed by atoms with Crippen molar-refractivity contribution in [2.75, 3.05) is 5.73 Å². The predicted molar refractivity (Wildman–Crippen MR) is 65.5 cm³/mol. The molecule has 5 heteroatoms. The van der Waals surface area contributed by atoms with Crippen molar-refractivity contribution in [3.05, 3.63) is 42.2 Å². The summed E-state index contributed by atoms with van der Waals surface area (Å²) >= 11 is 0. The van der Waals surface area contributed by atoms with E-state index >= 15 is 0 Å². The normalized spacial score (nSPS) is 10.9. The van der Waals surface area contributed by atoms with Crippen molar-refractivity contribution in [1.82, 2.24) is 4.98 Å². The van der Waals surface area contributed by atoms with Crippen LogP contribution < -0.4 is 5.73 Å². The van der Waals surface area contributed by atoms with Crippen LogP contribution in [-0.4, -0.2) is 10.1 Å². The van der Waals surface area contributed by atoms with Crippen molar-refractivity contribution < 1.29 is 13.9 Å². The van der Waals surface area contributed by atoms with Gasteiger partial charge in [0.15, 0.2) is 5.58 Å². The van der Waals surface area contributed by atoms with Gasteiger partial charge < -0.3 is 15.3 Å². The monoisotopic (exact) mass is 244 g/mol. The van der Waals surface area contributed by atoms with Gasteiger partial charge in [0, 0.05) is 11.6 Å². The van der Waals surface area contributed by atoms with Gasteiger partial charge in [-0.15, -0.1) is 0 Å². The van der Waals surface area contributed by atoms with Gasteiger partial charge in [-0.1, -0.05) is 0 Å². The second-order valence-electron chi connectivity index (χ2n) is 3.90. The number of nitrogens with two attached hydrogens (primary N) is 1. The van der Waals surface area contributed by atoms with Crippen molar-refractivity contribution in [3.8, 4) is 17.2 Å². The Morgan fingerprint density at radius 1 is 1.17 bits per heavy atom. The molecule has 0 radical (unpaired) electrons.